The number of nitrogens with one attached hydrogen (secondary N) is 1. The molecule has 0 saturated heterocycles. The molecule has 0 spiro atoms. The first-order valence-electron chi connectivity index (χ1n) is 2.26. The van der Waals surface area contributed by atoms with Crippen LogP contribution in [0.2, 0.25) is 0 Å². The highest BCUT2D eigenvalue weighted by molar-refractivity contribution is 7.98. The van der Waals surface area contributed by atoms with Gasteiger partial charge in [0.25, 0.3) is 0 Å². The molecule has 0 aromatic rings. The van der Waals surface area contributed by atoms with Gasteiger partial charge >= 0.3 is 0 Å². The number of hydrogen-bond acceptors (Lipinski definition) is 2. The summed E-state index contributed by atoms with van der Waals surface area (Å²) in [4.78, 5) is 0. The van der Waals surface area contributed by atoms with Crippen molar-refractivity contribution < 1.29 is 0 Å². The van der Waals surface area contributed by atoms with Gasteiger partial charge in [0.05, 0.1) is 0 Å². The van der Waals surface area contributed by atoms with Gasteiger partial charge in [0.1, 0.15) is 0 Å². The van der Waals surface area contributed by atoms with E-state index in [9.17, 15) is 0 Å². The summed E-state index contributed by atoms with van der Waals surface area (Å²) in [6.45, 7) is 2.16. The van der Waals surface area contributed by atoms with Gasteiger partial charge in [-0.05, 0) is 13.2 Å². The summed E-state index contributed by atoms with van der Waals surface area (Å²) in [6, 6.07) is 0.625. The third-order valence-electron chi connectivity index (χ3n) is 0.701. The summed E-state index contributed by atoms with van der Waals surface area (Å²) in [5, 5.41) is 3.06. The standard InChI is InChI=1S/C4H12NPS/c1-4(5-6)3-7-2/h4-5H,3,6H2,1-2H3. The highest BCUT2D eigenvalue weighted by atomic mass is 32.2. The second-order valence-electron chi connectivity index (χ2n) is 1.52. The molecule has 44 valence electrons. The van der Waals surface area contributed by atoms with Crippen molar-refractivity contribution in [3.8, 4) is 0 Å². The Labute approximate surface area is 51.9 Å². The third-order valence-corrected chi connectivity index (χ3v) is 2.10. The van der Waals surface area contributed by atoms with Crippen LogP contribution in [0.5, 0.6) is 0 Å². The predicted octanol–water partition coefficient (Wildman–Crippen LogP) is 1.12. The Balaban J connectivity index is 2.83. The summed E-state index contributed by atoms with van der Waals surface area (Å²) in [5.74, 6) is 1.18. The quantitative estimate of drug-likeness (QED) is 0.585. The average Bonchev–Trinajstić information content (AvgIpc) is 1.68. The summed E-state index contributed by atoms with van der Waals surface area (Å²) in [6.07, 6.45) is 2.11. The SMILES string of the molecule is CSCC(C)NP. The maximum atomic E-state index is 3.06. The van der Waals surface area contributed by atoms with E-state index >= 15 is 0 Å². The van der Waals surface area contributed by atoms with Gasteiger partial charge in [-0.1, -0.05) is 9.39 Å². The lowest BCUT2D eigenvalue weighted by Crippen LogP contribution is -2.17. The monoisotopic (exact) mass is 137 g/mol. The Morgan fingerprint density at radius 3 is 2.57 bits per heavy atom. The normalized spacial score (nSPS) is 14.1. The zero-order valence-electron chi connectivity index (χ0n) is 4.77. The molecule has 0 aromatic carbocycles. The molecule has 0 heterocycles. The molecule has 0 aliphatic rings. The fourth-order valence-electron chi connectivity index (χ4n) is 0.298. The van der Waals surface area contributed by atoms with Crippen LogP contribution in [-0.4, -0.2) is 18.1 Å². The minimum Gasteiger partial charge on any atom is -0.297 e. The van der Waals surface area contributed by atoms with Crippen molar-refractivity contribution in [2.24, 2.45) is 0 Å². The van der Waals surface area contributed by atoms with Crippen molar-refractivity contribution in [3.05, 3.63) is 0 Å². The first kappa shape index (κ1) is 7.74. The van der Waals surface area contributed by atoms with Crippen LogP contribution in [0.15, 0.2) is 0 Å². The summed E-state index contributed by atoms with van der Waals surface area (Å²) in [7, 11) is 2.50. The van der Waals surface area contributed by atoms with Crippen molar-refractivity contribution in [2.75, 3.05) is 12.0 Å². The minimum absolute atomic E-state index is 0.625. The number of hydrogen-bond donors (Lipinski definition) is 1. The molecule has 2 atom stereocenters. The van der Waals surface area contributed by atoms with E-state index in [0.717, 1.165) is 0 Å². The van der Waals surface area contributed by atoms with Crippen molar-refractivity contribution in [1.29, 1.82) is 0 Å². The molecule has 1 N–H and O–H groups in total. The molecule has 7 heavy (non-hydrogen) atoms. The van der Waals surface area contributed by atoms with Crippen LogP contribution in [0.4, 0.5) is 0 Å². The second-order valence-corrected chi connectivity index (χ2v) is 2.77. The lowest BCUT2D eigenvalue weighted by molar-refractivity contribution is 0.784. The molecule has 0 radical (unpaired) electrons. The van der Waals surface area contributed by atoms with E-state index in [0.29, 0.717) is 6.04 Å². The first-order valence-corrected chi connectivity index (χ1v) is 4.23. The summed E-state index contributed by atoms with van der Waals surface area (Å²) < 4.78 is 0. The van der Waals surface area contributed by atoms with Crippen molar-refractivity contribution in [1.82, 2.24) is 5.09 Å². The van der Waals surface area contributed by atoms with E-state index in [2.05, 4.69) is 27.7 Å². The summed E-state index contributed by atoms with van der Waals surface area (Å²) in [5.41, 5.74) is 0. The van der Waals surface area contributed by atoms with Crippen molar-refractivity contribution in [3.63, 3.8) is 0 Å². The highest BCUT2D eigenvalue weighted by Gasteiger charge is 1.91. The van der Waals surface area contributed by atoms with Crippen LogP contribution in [0.25, 0.3) is 0 Å². The molecule has 3 heteroatoms. The minimum atomic E-state index is 0.625. The van der Waals surface area contributed by atoms with E-state index in [1.54, 1.807) is 0 Å². The van der Waals surface area contributed by atoms with Crippen molar-refractivity contribution in [2.45, 2.75) is 13.0 Å². The molecule has 0 saturated carbocycles. The van der Waals surface area contributed by atoms with Crippen LogP contribution in [0, 0.1) is 0 Å². The van der Waals surface area contributed by atoms with Gasteiger partial charge in [-0.2, -0.15) is 11.8 Å². The van der Waals surface area contributed by atoms with Crippen LogP contribution in [-0.2, 0) is 0 Å². The molecular weight excluding hydrogens is 125 g/mol. The molecule has 0 fully saturated rings. The Morgan fingerprint density at radius 1 is 1.86 bits per heavy atom. The zero-order chi connectivity index (χ0) is 5.70. The maximum Gasteiger partial charge on any atom is 0.0161 e. The molecule has 0 bridgehead atoms. The molecule has 0 rings (SSSR count). The lowest BCUT2D eigenvalue weighted by Gasteiger charge is -2.04. The Kier molecular flexibility index (Phi) is 5.41. The zero-order valence-corrected chi connectivity index (χ0v) is 6.74. The maximum absolute atomic E-state index is 3.06. The van der Waals surface area contributed by atoms with Crippen molar-refractivity contribution >= 4 is 21.2 Å². The topological polar surface area (TPSA) is 12.0 Å². The van der Waals surface area contributed by atoms with Gasteiger partial charge in [0, 0.05) is 11.8 Å². The van der Waals surface area contributed by atoms with E-state index in [1.165, 1.54) is 5.75 Å². The fourth-order valence-corrected chi connectivity index (χ4v) is 1.18. The van der Waals surface area contributed by atoms with E-state index in [4.69, 9.17) is 0 Å². The van der Waals surface area contributed by atoms with Gasteiger partial charge in [-0.3, -0.25) is 5.09 Å². The molecule has 0 aromatic heterocycles. The Morgan fingerprint density at radius 2 is 2.43 bits per heavy atom. The number of rotatable bonds is 3. The molecule has 1 nitrogen and oxygen atoms in total. The molecule has 2 unspecified atom stereocenters. The predicted molar refractivity (Wildman–Crippen MR) is 40.7 cm³/mol. The van der Waals surface area contributed by atoms with Crippen LogP contribution >= 0.6 is 21.2 Å². The molecule has 0 aliphatic carbocycles. The Bertz CT molecular complexity index is 42.7. The largest absolute Gasteiger partial charge is 0.297 e. The van der Waals surface area contributed by atoms with Gasteiger partial charge in [0.15, 0.2) is 0 Å². The molecular formula is C4H12NPS. The van der Waals surface area contributed by atoms with Gasteiger partial charge in [-0.25, -0.2) is 0 Å². The second kappa shape index (κ2) is 4.89. The van der Waals surface area contributed by atoms with E-state index in [1.807, 2.05) is 11.8 Å². The van der Waals surface area contributed by atoms with E-state index < -0.39 is 0 Å². The summed E-state index contributed by atoms with van der Waals surface area (Å²) >= 11 is 1.86. The smallest absolute Gasteiger partial charge is 0.0161 e. The first-order chi connectivity index (χ1) is 3.31. The Hall–Kier alpha value is 0.740. The van der Waals surface area contributed by atoms with Gasteiger partial charge in [0.2, 0.25) is 0 Å². The van der Waals surface area contributed by atoms with Gasteiger partial charge in [-0.15, -0.1) is 0 Å². The van der Waals surface area contributed by atoms with E-state index in [-0.39, 0.29) is 0 Å². The third kappa shape index (κ3) is 4.60. The molecule has 0 aliphatic heterocycles. The van der Waals surface area contributed by atoms with Crippen LogP contribution in [0.3, 0.4) is 0 Å². The molecule has 0 amide bonds. The highest BCUT2D eigenvalue weighted by Crippen LogP contribution is 1.96. The fraction of sp³-hybridized carbons (Fsp3) is 1.00. The van der Waals surface area contributed by atoms with Crippen LogP contribution < -0.4 is 5.09 Å². The lowest BCUT2D eigenvalue weighted by atomic mass is 10.4. The van der Waals surface area contributed by atoms with Crippen LogP contribution in [0.1, 0.15) is 6.92 Å². The van der Waals surface area contributed by atoms with Gasteiger partial charge < -0.3 is 0 Å². The average molecular weight is 137 g/mol. The number of thioether (sulfide) groups is 1.